The molecule has 0 fully saturated rings. The van der Waals surface area contributed by atoms with Gasteiger partial charge in [0.25, 0.3) is 0 Å². The molecule has 0 radical (unpaired) electrons. The van der Waals surface area contributed by atoms with E-state index in [0.29, 0.717) is 12.0 Å². The molecule has 0 atom stereocenters. The predicted octanol–water partition coefficient (Wildman–Crippen LogP) is 2.83. The van der Waals surface area contributed by atoms with Crippen molar-refractivity contribution in [1.82, 2.24) is 0 Å². The largest absolute Gasteiger partial charge is 0.465 e. The Morgan fingerprint density at radius 3 is 2.75 bits per heavy atom. The fraction of sp³-hybridized carbons (Fsp3) is 0.417. The highest BCUT2D eigenvalue weighted by atomic mass is 16.5. The second-order valence-electron chi connectivity index (χ2n) is 4.29. The molecule has 0 aliphatic heterocycles. The van der Waals surface area contributed by atoms with Crippen LogP contribution in [-0.2, 0) is 11.2 Å². The number of carbonyl (C=O) groups is 1. The summed E-state index contributed by atoms with van der Waals surface area (Å²) in [4.78, 5) is 11.3. The lowest BCUT2D eigenvalue weighted by molar-refractivity contribution is 0.0600. The lowest BCUT2D eigenvalue weighted by atomic mass is 9.95. The summed E-state index contributed by atoms with van der Waals surface area (Å²) in [6.45, 7) is 3.76. The van der Waals surface area contributed by atoms with Crippen molar-refractivity contribution in [3.8, 4) is 0 Å². The highest BCUT2D eigenvalue weighted by Crippen LogP contribution is 2.17. The van der Waals surface area contributed by atoms with Gasteiger partial charge in [0.2, 0.25) is 0 Å². The van der Waals surface area contributed by atoms with Gasteiger partial charge in [0.1, 0.15) is 0 Å². The van der Waals surface area contributed by atoms with Crippen LogP contribution < -0.4 is 0 Å². The molecule has 1 N–H and O–H groups in total. The van der Waals surface area contributed by atoms with Gasteiger partial charge in [-0.2, -0.15) is 5.11 Å². The van der Waals surface area contributed by atoms with Gasteiger partial charge in [0, 0.05) is 0 Å². The molecule has 0 saturated heterocycles. The summed E-state index contributed by atoms with van der Waals surface area (Å²) in [6, 6.07) is 7.21. The SMILES string of the molecule is COC(=O)c1cccc(CC(C)(C)N=N)c1. The number of rotatable bonds is 4. The Hall–Kier alpha value is -1.71. The van der Waals surface area contributed by atoms with Crippen LogP contribution in [0.4, 0.5) is 0 Å². The van der Waals surface area contributed by atoms with Crippen LogP contribution in [0.2, 0.25) is 0 Å². The number of hydrogen-bond acceptors (Lipinski definition) is 4. The van der Waals surface area contributed by atoms with E-state index in [0.717, 1.165) is 5.56 Å². The number of carbonyl (C=O) groups excluding carboxylic acids is 1. The molecule has 4 nitrogen and oxygen atoms in total. The van der Waals surface area contributed by atoms with Crippen LogP contribution in [0.1, 0.15) is 29.8 Å². The first-order valence-electron chi connectivity index (χ1n) is 5.04. The van der Waals surface area contributed by atoms with Crippen molar-refractivity contribution in [3.63, 3.8) is 0 Å². The molecular weight excluding hydrogens is 204 g/mol. The zero-order valence-electron chi connectivity index (χ0n) is 9.78. The molecule has 0 heterocycles. The Morgan fingerprint density at radius 1 is 1.50 bits per heavy atom. The molecule has 0 aliphatic carbocycles. The maximum atomic E-state index is 11.3. The van der Waals surface area contributed by atoms with E-state index >= 15 is 0 Å². The summed E-state index contributed by atoms with van der Waals surface area (Å²) in [7, 11) is 1.36. The van der Waals surface area contributed by atoms with Crippen LogP contribution in [0.15, 0.2) is 29.4 Å². The maximum Gasteiger partial charge on any atom is 0.337 e. The monoisotopic (exact) mass is 220 g/mol. The standard InChI is InChI=1S/C12H16N2O2/c1-12(2,14-13)8-9-5-4-6-10(7-9)11(15)16-3/h4-7,13H,8H2,1-3H3. The number of nitrogens with zero attached hydrogens (tertiary/aromatic N) is 1. The van der Waals surface area contributed by atoms with Crippen LogP contribution in [0.25, 0.3) is 0 Å². The molecular formula is C12H16N2O2. The number of methoxy groups -OCH3 is 1. The molecule has 0 saturated carbocycles. The molecule has 1 aromatic carbocycles. The summed E-state index contributed by atoms with van der Waals surface area (Å²) >= 11 is 0. The Balaban J connectivity index is 2.91. The molecule has 1 aromatic rings. The van der Waals surface area contributed by atoms with E-state index in [1.54, 1.807) is 12.1 Å². The van der Waals surface area contributed by atoms with E-state index in [4.69, 9.17) is 5.53 Å². The average molecular weight is 220 g/mol. The van der Waals surface area contributed by atoms with Gasteiger partial charge in [0.05, 0.1) is 18.2 Å². The Morgan fingerprint density at radius 2 is 2.19 bits per heavy atom. The van der Waals surface area contributed by atoms with Crippen LogP contribution in [0, 0.1) is 5.53 Å². The molecule has 16 heavy (non-hydrogen) atoms. The second-order valence-corrected chi connectivity index (χ2v) is 4.29. The van der Waals surface area contributed by atoms with Gasteiger partial charge in [-0.25, -0.2) is 10.3 Å². The third-order valence-corrected chi connectivity index (χ3v) is 2.29. The van der Waals surface area contributed by atoms with E-state index in [1.807, 2.05) is 26.0 Å². The van der Waals surface area contributed by atoms with Crippen LogP contribution in [-0.4, -0.2) is 18.6 Å². The summed E-state index contributed by atoms with van der Waals surface area (Å²) < 4.78 is 4.65. The van der Waals surface area contributed by atoms with Crippen molar-refractivity contribution in [3.05, 3.63) is 35.4 Å². The smallest absolute Gasteiger partial charge is 0.337 e. The van der Waals surface area contributed by atoms with E-state index in [2.05, 4.69) is 9.85 Å². The van der Waals surface area contributed by atoms with Gasteiger partial charge in [-0.05, 0) is 38.0 Å². The van der Waals surface area contributed by atoms with E-state index < -0.39 is 5.54 Å². The molecule has 0 aromatic heterocycles. The van der Waals surface area contributed by atoms with Gasteiger partial charge in [-0.1, -0.05) is 12.1 Å². The predicted molar refractivity (Wildman–Crippen MR) is 60.7 cm³/mol. The van der Waals surface area contributed by atoms with Crippen molar-refractivity contribution < 1.29 is 9.53 Å². The number of benzene rings is 1. The summed E-state index contributed by atoms with van der Waals surface area (Å²) in [5.74, 6) is -0.345. The molecule has 1 rings (SSSR count). The maximum absolute atomic E-state index is 11.3. The first-order chi connectivity index (χ1) is 7.48. The molecule has 0 bridgehead atoms. The van der Waals surface area contributed by atoms with Crippen molar-refractivity contribution in [1.29, 1.82) is 5.53 Å². The Labute approximate surface area is 95.1 Å². The van der Waals surface area contributed by atoms with Gasteiger partial charge in [-0.15, -0.1) is 0 Å². The topological polar surface area (TPSA) is 62.5 Å². The van der Waals surface area contributed by atoms with Crippen molar-refractivity contribution in [2.24, 2.45) is 5.11 Å². The normalized spacial score (nSPS) is 10.9. The molecule has 86 valence electrons. The minimum atomic E-state index is -0.436. The number of esters is 1. The summed E-state index contributed by atoms with van der Waals surface area (Å²) in [5.41, 5.74) is 8.13. The van der Waals surface area contributed by atoms with Crippen molar-refractivity contribution >= 4 is 5.97 Å². The average Bonchev–Trinajstić information content (AvgIpc) is 2.28. The molecule has 4 heteroatoms. The highest BCUT2D eigenvalue weighted by Gasteiger charge is 2.17. The summed E-state index contributed by atoms with van der Waals surface area (Å²) in [5, 5.41) is 3.54. The van der Waals surface area contributed by atoms with Crippen LogP contribution >= 0.6 is 0 Å². The minimum absolute atomic E-state index is 0.345. The number of ether oxygens (including phenoxy) is 1. The van der Waals surface area contributed by atoms with Crippen molar-refractivity contribution in [2.75, 3.05) is 7.11 Å². The van der Waals surface area contributed by atoms with Crippen molar-refractivity contribution in [2.45, 2.75) is 25.8 Å². The molecule has 0 amide bonds. The zero-order chi connectivity index (χ0) is 12.2. The van der Waals surface area contributed by atoms with E-state index in [9.17, 15) is 4.79 Å². The third-order valence-electron chi connectivity index (χ3n) is 2.29. The highest BCUT2D eigenvalue weighted by molar-refractivity contribution is 5.89. The fourth-order valence-corrected chi connectivity index (χ4v) is 1.47. The summed E-state index contributed by atoms with van der Waals surface area (Å²) in [6.07, 6.45) is 0.626. The first kappa shape index (κ1) is 12.4. The molecule has 0 aliphatic rings. The Bertz CT molecular complexity index is 400. The van der Waals surface area contributed by atoms with Gasteiger partial charge >= 0.3 is 5.97 Å². The van der Waals surface area contributed by atoms with Gasteiger partial charge < -0.3 is 4.74 Å². The molecule has 0 unspecified atom stereocenters. The molecule has 0 spiro atoms. The lowest BCUT2D eigenvalue weighted by Crippen LogP contribution is -2.19. The zero-order valence-corrected chi connectivity index (χ0v) is 9.78. The van der Waals surface area contributed by atoms with Gasteiger partial charge in [-0.3, -0.25) is 0 Å². The quantitative estimate of drug-likeness (QED) is 0.626. The first-order valence-corrected chi connectivity index (χ1v) is 5.04. The minimum Gasteiger partial charge on any atom is -0.465 e. The van der Waals surface area contributed by atoms with E-state index in [1.165, 1.54) is 7.11 Å². The fourth-order valence-electron chi connectivity index (χ4n) is 1.47. The number of nitrogens with one attached hydrogen (secondary N) is 1. The lowest BCUT2D eigenvalue weighted by Gasteiger charge is -2.17. The van der Waals surface area contributed by atoms with E-state index in [-0.39, 0.29) is 5.97 Å². The second kappa shape index (κ2) is 4.88. The van der Waals surface area contributed by atoms with Crippen LogP contribution in [0.3, 0.4) is 0 Å². The van der Waals surface area contributed by atoms with Crippen LogP contribution in [0.5, 0.6) is 0 Å². The Kier molecular flexibility index (Phi) is 3.77. The van der Waals surface area contributed by atoms with Gasteiger partial charge in [0.15, 0.2) is 0 Å². The third kappa shape index (κ3) is 3.15. The number of hydrogen-bond donors (Lipinski definition) is 1.